The van der Waals surface area contributed by atoms with Crippen molar-refractivity contribution in [2.75, 3.05) is 29.4 Å². The van der Waals surface area contributed by atoms with Crippen LogP contribution in [0.2, 0.25) is 5.02 Å². The summed E-state index contributed by atoms with van der Waals surface area (Å²) in [5, 5.41) is 3.57. The Morgan fingerprint density at radius 1 is 1.18 bits per heavy atom. The van der Waals surface area contributed by atoms with Crippen molar-refractivity contribution in [3.63, 3.8) is 0 Å². The lowest BCUT2D eigenvalue weighted by atomic mass is 10.2. The van der Waals surface area contributed by atoms with E-state index in [9.17, 15) is 13.2 Å². The molecule has 0 aliphatic heterocycles. The van der Waals surface area contributed by atoms with Crippen LogP contribution >= 0.6 is 23.4 Å². The summed E-state index contributed by atoms with van der Waals surface area (Å²) >= 11 is 7.49. The second kappa shape index (κ2) is 10.7. The molecule has 0 aliphatic rings. The molecule has 0 aromatic heterocycles. The van der Waals surface area contributed by atoms with Gasteiger partial charge in [-0.25, -0.2) is 8.42 Å². The van der Waals surface area contributed by atoms with Gasteiger partial charge in [0.15, 0.2) is 0 Å². The Kier molecular flexibility index (Phi) is 8.66. The maximum atomic E-state index is 12.1. The summed E-state index contributed by atoms with van der Waals surface area (Å²) in [6.45, 7) is 2.74. The van der Waals surface area contributed by atoms with Gasteiger partial charge in [0.05, 0.1) is 11.9 Å². The number of nitrogens with zero attached hydrogens (tertiary/aromatic N) is 1. The molecule has 5 nitrogen and oxygen atoms in total. The number of amides is 1. The molecular weight excluding hydrogens is 416 g/mol. The molecule has 2 rings (SSSR count). The lowest BCUT2D eigenvalue weighted by Gasteiger charge is -2.22. The number of hydrogen-bond acceptors (Lipinski definition) is 4. The third-order valence-corrected chi connectivity index (χ3v) is 6.42. The third-order valence-electron chi connectivity index (χ3n) is 3.96. The van der Waals surface area contributed by atoms with Crippen LogP contribution in [0.5, 0.6) is 0 Å². The van der Waals surface area contributed by atoms with Gasteiger partial charge in [0.2, 0.25) is 15.9 Å². The number of carbonyl (C=O) groups excluding carboxylic acids is 1. The SMILES string of the molecule is Cc1cccc(N(CCCC(=O)NCCSc2ccc(Cl)cc2)S(C)(=O)=O)c1. The van der Waals surface area contributed by atoms with E-state index >= 15 is 0 Å². The highest BCUT2D eigenvalue weighted by Gasteiger charge is 2.17. The number of halogens is 1. The van der Waals surface area contributed by atoms with Gasteiger partial charge in [-0.3, -0.25) is 9.10 Å². The first kappa shape index (κ1) is 22.6. The number of sulfonamides is 1. The molecule has 0 unspecified atom stereocenters. The van der Waals surface area contributed by atoms with Crippen molar-refractivity contribution in [2.45, 2.75) is 24.7 Å². The molecule has 0 saturated heterocycles. The van der Waals surface area contributed by atoms with E-state index in [1.807, 2.05) is 49.4 Å². The third kappa shape index (κ3) is 7.73. The monoisotopic (exact) mass is 440 g/mol. The molecule has 1 N–H and O–H groups in total. The second-order valence-electron chi connectivity index (χ2n) is 6.43. The summed E-state index contributed by atoms with van der Waals surface area (Å²) in [6, 6.07) is 14.9. The highest BCUT2D eigenvalue weighted by atomic mass is 35.5. The predicted molar refractivity (Wildman–Crippen MR) is 118 cm³/mol. The molecule has 0 heterocycles. The van der Waals surface area contributed by atoms with Crippen molar-refractivity contribution < 1.29 is 13.2 Å². The van der Waals surface area contributed by atoms with E-state index in [-0.39, 0.29) is 18.9 Å². The van der Waals surface area contributed by atoms with Crippen molar-refractivity contribution in [1.29, 1.82) is 0 Å². The Bertz CT molecular complexity index is 887. The molecule has 0 spiro atoms. The number of anilines is 1. The zero-order valence-electron chi connectivity index (χ0n) is 16.0. The van der Waals surface area contributed by atoms with Crippen LogP contribution in [0.1, 0.15) is 18.4 Å². The van der Waals surface area contributed by atoms with E-state index in [4.69, 9.17) is 11.6 Å². The highest BCUT2D eigenvalue weighted by Crippen LogP contribution is 2.20. The molecule has 0 saturated carbocycles. The molecule has 28 heavy (non-hydrogen) atoms. The fourth-order valence-electron chi connectivity index (χ4n) is 2.63. The minimum Gasteiger partial charge on any atom is -0.355 e. The Hall–Kier alpha value is -1.70. The van der Waals surface area contributed by atoms with Crippen LogP contribution in [0.25, 0.3) is 0 Å². The summed E-state index contributed by atoms with van der Waals surface area (Å²) < 4.78 is 25.6. The van der Waals surface area contributed by atoms with Crippen LogP contribution in [-0.2, 0) is 14.8 Å². The zero-order valence-corrected chi connectivity index (χ0v) is 18.4. The lowest BCUT2D eigenvalue weighted by Crippen LogP contribution is -2.32. The van der Waals surface area contributed by atoms with Gasteiger partial charge in [0.25, 0.3) is 0 Å². The van der Waals surface area contributed by atoms with E-state index in [0.29, 0.717) is 23.7 Å². The fraction of sp³-hybridized carbons (Fsp3) is 0.350. The van der Waals surface area contributed by atoms with Gasteiger partial charge >= 0.3 is 0 Å². The number of rotatable bonds is 10. The summed E-state index contributed by atoms with van der Waals surface area (Å²) in [4.78, 5) is 13.1. The summed E-state index contributed by atoms with van der Waals surface area (Å²) in [5.41, 5.74) is 1.62. The number of thioether (sulfide) groups is 1. The summed E-state index contributed by atoms with van der Waals surface area (Å²) in [6.07, 6.45) is 1.92. The predicted octanol–water partition coefficient (Wildman–Crippen LogP) is 4.10. The summed E-state index contributed by atoms with van der Waals surface area (Å²) in [5.74, 6) is 0.681. The molecule has 0 fully saturated rings. The number of aryl methyl sites for hydroxylation is 1. The molecule has 0 radical (unpaired) electrons. The van der Waals surface area contributed by atoms with E-state index < -0.39 is 10.0 Å². The maximum Gasteiger partial charge on any atom is 0.232 e. The smallest absolute Gasteiger partial charge is 0.232 e. The van der Waals surface area contributed by atoms with Gasteiger partial charge in [-0.15, -0.1) is 11.8 Å². The normalized spacial score (nSPS) is 11.2. The van der Waals surface area contributed by atoms with E-state index in [1.54, 1.807) is 17.8 Å². The van der Waals surface area contributed by atoms with Crippen LogP contribution in [0.4, 0.5) is 5.69 Å². The van der Waals surface area contributed by atoms with Crippen molar-refractivity contribution in [3.8, 4) is 0 Å². The first-order valence-electron chi connectivity index (χ1n) is 8.95. The van der Waals surface area contributed by atoms with Gasteiger partial charge in [0.1, 0.15) is 0 Å². The van der Waals surface area contributed by atoms with Crippen molar-refractivity contribution in [2.24, 2.45) is 0 Å². The first-order valence-corrected chi connectivity index (χ1v) is 12.2. The number of carbonyl (C=O) groups is 1. The number of benzene rings is 2. The largest absolute Gasteiger partial charge is 0.355 e. The number of nitrogens with one attached hydrogen (secondary N) is 1. The Morgan fingerprint density at radius 2 is 1.89 bits per heavy atom. The zero-order chi connectivity index (χ0) is 20.6. The summed E-state index contributed by atoms with van der Waals surface area (Å²) in [7, 11) is -3.40. The van der Waals surface area contributed by atoms with Gasteiger partial charge in [0, 0.05) is 35.2 Å². The van der Waals surface area contributed by atoms with E-state index in [2.05, 4.69) is 5.32 Å². The Labute approximate surface area is 176 Å². The van der Waals surface area contributed by atoms with Crippen LogP contribution < -0.4 is 9.62 Å². The second-order valence-corrected chi connectivity index (χ2v) is 9.94. The van der Waals surface area contributed by atoms with Crippen molar-refractivity contribution >= 4 is 45.0 Å². The van der Waals surface area contributed by atoms with Crippen molar-refractivity contribution in [1.82, 2.24) is 5.32 Å². The molecule has 1 amide bonds. The molecule has 8 heteroatoms. The van der Waals surface area contributed by atoms with Gasteiger partial charge in [-0.1, -0.05) is 23.7 Å². The van der Waals surface area contributed by atoms with Crippen LogP contribution in [0.3, 0.4) is 0 Å². The van der Waals surface area contributed by atoms with Gasteiger partial charge in [-0.2, -0.15) is 0 Å². The standard InChI is InChI=1S/C20H25ClN2O3S2/c1-16-5-3-6-18(15-16)23(28(2,25)26)13-4-7-20(24)22-12-14-27-19-10-8-17(21)9-11-19/h3,5-6,8-11,15H,4,7,12-14H2,1-2H3,(H,22,24). The maximum absolute atomic E-state index is 12.1. The number of hydrogen-bond donors (Lipinski definition) is 1. The van der Waals surface area contributed by atoms with Gasteiger partial charge in [-0.05, 0) is 55.3 Å². The molecule has 2 aromatic carbocycles. The minimum atomic E-state index is -3.40. The topological polar surface area (TPSA) is 66.5 Å². The van der Waals surface area contributed by atoms with Crippen molar-refractivity contribution in [3.05, 3.63) is 59.1 Å². The highest BCUT2D eigenvalue weighted by molar-refractivity contribution is 7.99. The van der Waals surface area contributed by atoms with Crippen LogP contribution in [0.15, 0.2) is 53.4 Å². The average molecular weight is 441 g/mol. The van der Waals surface area contributed by atoms with Crippen LogP contribution in [-0.4, -0.2) is 39.4 Å². The van der Waals surface area contributed by atoms with E-state index in [1.165, 1.54) is 10.6 Å². The minimum absolute atomic E-state index is 0.0746. The first-order chi connectivity index (χ1) is 13.3. The molecular formula is C20H25ClN2O3S2. The Morgan fingerprint density at radius 3 is 2.54 bits per heavy atom. The van der Waals surface area contributed by atoms with E-state index in [0.717, 1.165) is 16.2 Å². The fourth-order valence-corrected chi connectivity index (χ4v) is 4.48. The quantitative estimate of drug-likeness (QED) is 0.446. The lowest BCUT2D eigenvalue weighted by molar-refractivity contribution is -0.121. The molecule has 152 valence electrons. The molecule has 0 aliphatic carbocycles. The average Bonchev–Trinajstić information content (AvgIpc) is 2.63. The molecule has 0 bridgehead atoms. The Balaban J connectivity index is 1.74. The van der Waals surface area contributed by atoms with Crippen LogP contribution in [0, 0.1) is 6.92 Å². The molecule has 0 atom stereocenters. The molecule has 2 aromatic rings. The van der Waals surface area contributed by atoms with Gasteiger partial charge < -0.3 is 5.32 Å².